The lowest BCUT2D eigenvalue weighted by molar-refractivity contribution is 0.0654. The van der Waals surface area contributed by atoms with E-state index in [1.54, 1.807) is 0 Å². The van der Waals surface area contributed by atoms with Crippen LogP contribution in [-0.2, 0) is 31.2 Å². The van der Waals surface area contributed by atoms with E-state index < -0.39 is 0 Å². The molecule has 3 aliphatic heterocycles. The van der Waals surface area contributed by atoms with E-state index in [0.29, 0.717) is 17.9 Å². The van der Waals surface area contributed by atoms with Crippen molar-refractivity contribution in [1.82, 2.24) is 29.8 Å². The molecule has 0 spiro atoms. The zero-order chi connectivity index (χ0) is 24.9. The van der Waals surface area contributed by atoms with Crippen molar-refractivity contribution in [2.45, 2.75) is 51.6 Å². The van der Waals surface area contributed by atoms with Gasteiger partial charge in [0, 0.05) is 75.4 Å². The fraction of sp³-hybridized carbons (Fsp3) is 0.481. The van der Waals surface area contributed by atoms with E-state index in [0.717, 1.165) is 76.3 Å². The number of nitrogens with zero attached hydrogens (tertiary/aromatic N) is 8. The first-order valence-corrected chi connectivity index (χ1v) is 13.3. The summed E-state index contributed by atoms with van der Waals surface area (Å²) in [4.78, 5) is 4.63. The largest absolute Gasteiger partial charge is 0.408 e. The van der Waals surface area contributed by atoms with Crippen LogP contribution in [0.25, 0.3) is 11.1 Å². The van der Waals surface area contributed by atoms with Crippen molar-refractivity contribution >= 4 is 17.5 Å². The third-order valence-electron chi connectivity index (χ3n) is 7.88. The highest BCUT2D eigenvalue weighted by molar-refractivity contribution is 5.74. The van der Waals surface area contributed by atoms with Crippen molar-refractivity contribution in [3.05, 3.63) is 53.3 Å². The quantitative estimate of drug-likeness (QED) is 0.416. The van der Waals surface area contributed by atoms with Crippen LogP contribution in [0.1, 0.15) is 48.0 Å². The third kappa shape index (κ3) is 3.99. The average Bonchev–Trinajstić information content (AvgIpc) is 3.66. The van der Waals surface area contributed by atoms with Gasteiger partial charge in [0.15, 0.2) is 5.82 Å². The molecule has 0 atom stereocenters. The summed E-state index contributed by atoms with van der Waals surface area (Å²) in [5.41, 5.74) is 7.59. The van der Waals surface area contributed by atoms with Gasteiger partial charge < -0.3 is 19.0 Å². The Hall–Kier alpha value is -3.66. The molecule has 4 aromatic rings. The molecule has 7 rings (SSSR count). The molecule has 0 amide bonds. The smallest absolute Gasteiger partial charge is 0.318 e. The number of aromatic nitrogens is 6. The summed E-state index contributed by atoms with van der Waals surface area (Å²) in [5.74, 6) is 1.66. The first kappa shape index (κ1) is 22.5. The van der Waals surface area contributed by atoms with Crippen molar-refractivity contribution in [2.24, 2.45) is 7.05 Å². The van der Waals surface area contributed by atoms with Gasteiger partial charge >= 0.3 is 6.01 Å². The number of fused-ring (bicyclic) bond motifs is 2. The standard InChI is InChI=1S/C27H32N8O2/c1-18-29-30-27(37-18)33-11-7-25-23(17-33)26(31-35(25)22-8-12-36-13-9-22)34-10-3-4-20-14-19(5-6-24(20)34)21-15-28-32(2)16-21/h5-6,14-16,22H,3-4,7-13,17H2,1-2H3. The zero-order valence-corrected chi connectivity index (χ0v) is 21.4. The summed E-state index contributed by atoms with van der Waals surface area (Å²) in [6, 6.07) is 7.77. The summed E-state index contributed by atoms with van der Waals surface area (Å²) in [6.07, 6.45) is 9.08. The molecule has 1 aromatic carbocycles. The Bertz CT molecular complexity index is 1430. The van der Waals surface area contributed by atoms with Crippen LogP contribution in [0.2, 0.25) is 0 Å². The predicted octanol–water partition coefficient (Wildman–Crippen LogP) is 3.97. The Morgan fingerprint density at radius 1 is 1.03 bits per heavy atom. The normalized spacial score (nSPS) is 18.2. The van der Waals surface area contributed by atoms with Gasteiger partial charge in [-0.3, -0.25) is 9.36 Å². The van der Waals surface area contributed by atoms with E-state index in [9.17, 15) is 0 Å². The second-order valence-corrected chi connectivity index (χ2v) is 10.3. The Morgan fingerprint density at radius 3 is 2.70 bits per heavy atom. The maximum Gasteiger partial charge on any atom is 0.318 e. The van der Waals surface area contributed by atoms with Crippen molar-refractivity contribution in [1.29, 1.82) is 0 Å². The molecular weight excluding hydrogens is 468 g/mol. The van der Waals surface area contributed by atoms with Crippen molar-refractivity contribution < 1.29 is 9.15 Å². The molecule has 0 saturated carbocycles. The van der Waals surface area contributed by atoms with Gasteiger partial charge in [0.2, 0.25) is 5.89 Å². The zero-order valence-electron chi connectivity index (χ0n) is 21.4. The van der Waals surface area contributed by atoms with Crippen molar-refractivity contribution in [3.8, 4) is 11.1 Å². The lowest BCUT2D eigenvalue weighted by Crippen LogP contribution is -2.33. The SMILES string of the molecule is Cc1nnc(N2CCc3c(c(N4CCCc5cc(-c6cnn(C)c6)ccc54)nn3C3CCOCC3)C2)o1. The molecule has 1 fully saturated rings. The van der Waals surface area contributed by atoms with Crippen LogP contribution in [0, 0.1) is 6.92 Å². The van der Waals surface area contributed by atoms with Crippen LogP contribution in [0.5, 0.6) is 0 Å². The van der Waals surface area contributed by atoms with E-state index in [-0.39, 0.29) is 0 Å². The number of benzene rings is 1. The summed E-state index contributed by atoms with van der Waals surface area (Å²) in [7, 11) is 1.96. The highest BCUT2D eigenvalue weighted by atomic mass is 16.5. The Balaban J connectivity index is 1.29. The summed E-state index contributed by atoms with van der Waals surface area (Å²) >= 11 is 0. The summed E-state index contributed by atoms with van der Waals surface area (Å²) in [6.45, 7) is 5.95. The Morgan fingerprint density at radius 2 is 1.92 bits per heavy atom. The van der Waals surface area contributed by atoms with Gasteiger partial charge in [0.05, 0.1) is 18.8 Å². The molecule has 10 nitrogen and oxygen atoms in total. The monoisotopic (exact) mass is 500 g/mol. The van der Waals surface area contributed by atoms with Gasteiger partial charge in [-0.25, -0.2) is 0 Å². The highest BCUT2D eigenvalue weighted by Gasteiger charge is 2.34. The number of rotatable bonds is 4. The summed E-state index contributed by atoms with van der Waals surface area (Å²) < 4.78 is 15.6. The first-order chi connectivity index (χ1) is 18.1. The molecule has 3 aromatic heterocycles. The second kappa shape index (κ2) is 9.02. The molecular formula is C27H32N8O2. The molecule has 0 aliphatic carbocycles. The van der Waals surface area contributed by atoms with Crippen molar-refractivity contribution in [2.75, 3.05) is 36.1 Å². The predicted molar refractivity (Wildman–Crippen MR) is 139 cm³/mol. The number of aryl methyl sites for hydroxylation is 3. The molecule has 3 aliphatic rings. The molecule has 0 bridgehead atoms. The van der Waals surface area contributed by atoms with Gasteiger partial charge in [-0.15, -0.1) is 5.10 Å². The topological polar surface area (TPSA) is 90.3 Å². The summed E-state index contributed by atoms with van der Waals surface area (Å²) in [5, 5.41) is 18.1. The lowest BCUT2D eigenvalue weighted by atomic mass is 9.96. The fourth-order valence-corrected chi connectivity index (χ4v) is 6.02. The van der Waals surface area contributed by atoms with Gasteiger partial charge in [-0.1, -0.05) is 11.2 Å². The number of hydrogen-bond donors (Lipinski definition) is 0. The molecule has 6 heterocycles. The van der Waals surface area contributed by atoms with Crippen LogP contribution in [0.3, 0.4) is 0 Å². The first-order valence-electron chi connectivity index (χ1n) is 13.3. The molecule has 0 N–H and O–H groups in total. The van der Waals surface area contributed by atoms with Gasteiger partial charge in [0.25, 0.3) is 0 Å². The second-order valence-electron chi connectivity index (χ2n) is 10.3. The minimum Gasteiger partial charge on any atom is -0.408 e. The van der Waals surface area contributed by atoms with E-state index in [2.05, 4.69) is 54.2 Å². The maximum absolute atomic E-state index is 5.80. The van der Waals surface area contributed by atoms with Gasteiger partial charge in [-0.2, -0.15) is 10.2 Å². The van der Waals surface area contributed by atoms with Crippen LogP contribution in [0.4, 0.5) is 17.5 Å². The number of anilines is 3. The van der Waals surface area contributed by atoms with E-state index in [4.69, 9.17) is 14.3 Å². The minimum atomic E-state index is 0.380. The average molecular weight is 501 g/mol. The molecule has 10 heteroatoms. The van der Waals surface area contributed by atoms with Crippen molar-refractivity contribution in [3.63, 3.8) is 0 Å². The molecule has 1 saturated heterocycles. The Kier molecular flexibility index (Phi) is 5.49. The van der Waals surface area contributed by atoms with E-state index >= 15 is 0 Å². The number of ether oxygens (including phenoxy) is 1. The van der Waals surface area contributed by atoms with E-state index in [1.165, 1.54) is 28.1 Å². The third-order valence-corrected chi connectivity index (χ3v) is 7.88. The molecule has 0 radical (unpaired) electrons. The number of hydrogen-bond acceptors (Lipinski definition) is 8. The lowest BCUT2D eigenvalue weighted by Gasteiger charge is -2.32. The van der Waals surface area contributed by atoms with Gasteiger partial charge in [0.1, 0.15) is 0 Å². The molecule has 37 heavy (non-hydrogen) atoms. The Labute approximate surface area is 215 Å². The van der Waals surface area contributed by atoms with E-state index in [1.807, 2.05) is 24.9 Å². The molecule has 192 valence electrons. The fourth-order valence-electron chi connectivity index (χ4n) is 6.02. The maximum atomic E-state index is 5.80. The van der Waals surface area contributed by atoms with Crippen LogP contribution < -0.4 is 9.80 Å². The molecule has 0 unspecified atom stereocenters. The highest BCUT2D eigenvalue weighted by Crippen LogP contribution is 2.41. The van der Waals surface area contributed by atoms with Crippen LogP contribution in [0.15, 0.2) is 35.0 Å². The van der Waals surface area contributed by atoms with Crippen LogP contribution in [-0.4, -0.2) is 56.1 Å². The van der Waals surface area contributed by atoms with Gasteiger partial charge in [-0.05, 0) is 48.9 Å². The minimum absolute atomic E-state index is 0.380. The van der Waals surface area contributed by atoms with Crippen LogP contribution >= 0.6 is 0 Å².